The number of amides is 3. The summed E-state index contributed by atoms with van der Waals surface area (Å²) in [5.41, 5.74) is 3.41. The molecule has 0 atom stereocenters. The molecule has 2 fully saturated rings. The first-order chi connectivity index (χ1) is 19.6. The van der Waals surface area contributed by atoms with Gasteiger partial charge in [-0.1, -0.05) is 30.3 Å². The van der Waals surface area contributed by atoms with Crippen LogP contribution >= 0.6 is 0 Å². The molecule has 208 valence electrons. The standard InChI is InChI=1S/C31H36N6O3/c38-29(21-24-7-2-1-3-8-24)36-17-6-16-35(19-20-36)28-11-10-25(31(40)37-15-5-13-32-14-18-37)22-27(28)34-30(39)26-9-4-12-33-23-26/h1-4,7-12,22-23,32H,5-6,13-21H2,(H,34,39). The van der Waals surface area contributed by atoms with Gasteiger partial charge in [-0.3, -0.25) is 19.4 Å². The third kappa shape index (κ3) is 6.84. The fourth-order valence-corrected chi connectivity index (χ4v) is 5.26. The number of benzene rings is 2. The number of carbonyl (C=O) groups is 3. The van der Waals surface area contributed by atoms with E-state index in [1.807, 2.05) is 52.3 Å². The minimum absolute atomic E-state index is 0.0410. The molecule has 2 saturated heterocycles. The van der Waals surface area contributed by atoms with Gasteiger partial charge in [0.05, 0.1) is 23.4 Å². The zero-order valence-corrected chi connectivity index (χ0v) is 22.7. The van der Waals surface area contributed by atoms with E-state index in [1.165, 1.54) is 6.20 Å². The lowest BCUT2D eigenvalue weighted by atomic mass is 10.1. The van der Waals surface area contributed by atoms with Crippen LogP contribution in [0, 0.1) is 0 Å². The van der Waals surface area contributed by atoms with Crippen molar-refractivity contribution >= 4 is 29.1 Å². The number of pyridine rings is 1. The molecule has 2 aliphatic rings. The summed E-state index contributed by atoms with van der Waals surface area (Å²) < 4.78 is 0. The van der Waals surface area contributed by atoms with Crippen LogP contribution in [0.15, 0.2) is 73.1 Å². The summed E-state index contributed by atoms with van der Waals surface area (Å²) in [7, 11) is 0. The van der Waals surface area contributed by atoms with E-state index in [4.69, 9.17) is 0 Å². The second-order valence-corrected chi connectivity index (χ2v) is 10.2. The Kier molecular flexibility index (Phi) is 9.03. The van der Waals surface area contributed by atoms with E-state index in [9.17, 15) is 14.4 Å². The van der Waals surface area contributed by atoms with Gasteiger partial charge in [0.15, 0.2) is 0 Å². The number of rotatable bonds is 6. The van der Waals surface area contributed by atoms with Crippen molar-refractivity contribution in [3.63, 3.8) is 0 Å². The normalized spacial score (nSPS) is 16.1. The maximum absolute atomic E-state index is 13.4. The number of anilines is 2. The Morgan fingerprint density at radius 1 is 0.800 bits per heavy atom. The van der Waals surface area contributed by atoms with Crippen molar-refractivity contribution in [2.75, 3.05) is 62.6 Å². The summed E-state index contributed by atoms with van der Waals surface area (Å²) >= 11 is 0. The largest absolute Gasteiger partial charge is 0.368 e. The highest BCUT2D eigenvalue weighted by molar-refractivity contribution is 6.07. The van der Waals surface area contributed by atoms with Gasteiger partial charge in [-0.15, -0.1) is 0 Å². The maximum atomic E-state index is 13.4. The van der Waals surface area contributed by atoms with Gasteiger partial charge < -0.3 is 25.3 Å². The van der Waals surface area contributed by atoms with E-state index in [1.54, 1.807) is 24.4 Å². The second-order valence-electron chi connectivity index (χ2n) is 10.2. The van der Waals surface area contributed by atoms with Gasteiger partial charge in [-0.25, -0.2) is 0 Å². The summed E-state index contributed by atoms with van der Waals surface area (Å²) in [6.45, 7) is 5.64. The molecule has 3 aromatic rings. The molecule has 3 heterocycles. The Labute approximate surface area is 235 Å². The molecule has 0 radical (unpaired) electrons. The van der Waals surface area contributed by atoms with Crippen molar-refractivity contribution in [2.45, 2.75) is 19.3 Å². The smallest absolute Gasteiger partial charge is 0.257 e. The number of hydrogen-bond donors (Lipinski definition) is 2. The zero-order valence-electron chi connectivity index (χ0n) is 22.7. The molecule has 1 aromatic heterocycles. The van der Waals surface area contributed by atoms with E-state index < -0.39 is 0 Å². The molecule has 3 amide bonds. The summed E-state index contributed by atoms with van der Waals surface area (Å²) in [6.07, 6.45) is 5.24. The molecule has 9 nitrogen and oxygen atoms in total. The van der Waals surface area contributed by atoms with Crippen LogP contribution in [-0.2, 0) is 11.2 Å². The molecule has 2 aliphatic heterocycles. The molecule has 0 spiro atoms. The summed E-state index contributed by atoms with van der Waals surface area (Å²) in [4.78, 5) is 49.6. The molecule has 0 unspecified atom stereocenters. The lowest BCUT2D eigenvalue weighted by Gasteiger charge is -2.27. The van der Waals surface area contributed by atoms with Crippen LogP contribution in [0.4, 0.5) is 11.4 Å². The van der Waals surface area contributed by atoms with Crippen LogP contribution in [0.3, 0.4) is 0 Å². The molecule has 0 aliphatic carbocycles. The Morgan fingerprint density at radius 3 is 2.48 bits per heavy atom. The van der Waals surface area contributed by atoms with E-state index in [0.717, 1.165) is 43.7 Å². The lowest BCUT2D eigenvalue weighted by molar-refractivity contribution is -0.130. The Balaban J connectivity index is 1.35. The molecular weight excluding hydrogens is 504 g/mol. The Morgan fingerprint density at radius 2 is 1.65 bits per heavy atom. The van der Waals surface area contributed by atoms with Crippen LogP contribution in [0.1, 0.15) is 39.1 Å². The van der Waals surface area contributed by atoms with Gasteiger partial charge in [-0.05, 0) is 55.3 Å². The zero-order chi connectivity index (χ0) is 27.7. The molecule has 0 saturated carbocycles. The molecule has 40 heavy (non-hydrogen) atoms. The fraction of sp³-hybridized carbons (Fsp3) is 0.355. The van der Waals surface area contributed by atoms with Crippen molar-refractivity contribution < 1.29 is 14.4 Å². The third-order valence-corrected chi connectivity index (χ3v) is 7.43. The highest BCUT2D eigenvalue weighted by Crippen LogP contribution is 2.30. The minimum Gasteiger partial charge on any atom is -0.368 e. The average Bonchev–Trinajstić information content (AvgIpc) is 3.42. The molecule has 0 bridgehead atoms. The monoisotopic (exact) mass is 540 g/mol. The van der Waals surface area contributed by atoms with Crippen molar-refractivity contribution in [3.05, 3.63) is 89.7 Å². The quantitative estimate of drug-likeness (QED) is 0.499. The number of aromatic nitrogens is 1. The van der Waals surface area contributed by atoms with Gasteiger partial charge in [0.1, 0.15) is 0 Å². The minimum atomic E-state index is -0.285. The predicted molar refractivity (Wildman–Crippen MR) is 156 cm³/mol. The molecule has 2 N–H and O–H groups in total. The van der Waals surface area contributed by atoms with Crippen LogP contribution in [0.25, 0.3) is 0 Å². The number of hydrogen-bond acceptors (Lipinski definition) is 6. The average molecular weight is 541 g/mol. The van der Waals surface area contributed by atoms with Gasteiger partial charge in [0.25, 0.3) is 11.8 Å². The molecular formula is C31H36N6O3. The van der Waals surface area contributed by atoms with Crippen molar-refractivity contribution in [1.82, 2.24) is 20.1 Å². The van der Waals surface area contributed by atoms with Crippen LogP contribution in [-0.4, -0.2) is 84.9 Å². The van der Waals surface area contributed by atoms with Crippen LogP contribution in [0.5, 0.6) is 0 Å². The van der Waals surface area contributed by atoms with E-state index in [0.29, 0.717) is 56.0 Å². The van der Waals surface area contributed by atoms with Gasteiger partial charge >= 0.3 is 0 Å². The number of nitrogens with one attached hydrogen (secondary N) is 2. The lowest BCUT2D eigenvalue weighted by Crippen LogP contribution is -2.36. The van der Waals surface area contributed by atoms with E-state index in [-0.39, 0.29) is 17.7 Å². The van der Waals surface area contributed by atoms with Crippen molar-refractivity contribution in [3.8, 4) is 0 Å². The van der Waals surface area contributed by atoms with Crippen molar-refractivity contribution in [1.29, 1.82) is 0 Å². The first-order valence-corrected chi connectivity index (χ1v) is 14.0. The molecule has 5 rings (SSSR count). The van der Waals surface area contributed by atoms with E-state index >= 15 is 0 Å². The van der Waals surface area contributed by atoms with Gasteiger partial charge in [-0.2, -0.15) is 0 Å². The predicted octanol–water partition coefficient (Wildman–Crippen LogP) is 3.05. The van der Waals surface area contributed by atoms with Crippen LogP contribution in [0.2, 0.25) is 0 Å². The summed E-state index contributed by atoms with van der Waals surface area (Å²) in [5.74, 6) is -0.209. The molecule has 2 aromatic carbocycles. The SMILES string of the molecule is O=C(Nc1cc(C(=O)N2CCCNCC2)ccc1N1CCCN(C(=O)Cc2ccccc2)CC1)c1cccnc1. The summed E-state index contributed by atoms with van der Waals surface area (Å²) in [6, 6.07) is 18.8. The molecule has 9 heteroatoms. The van der Waals surface area contributed by atoms with Gasteiger partial charge in [0.2, 0.25) is 5.91 Å². The Bertz CT molecular complexity index is 1310. The fourth-order valence-electron chi connectivity index (χ4n) is 5.26. The summed E-state index contributed by atoms with van der Waals surface area (Å²) in [5, 5.41) is 6.37. The third-order valence-electron chi connectivity index (χ3n) is 7.43. The topological polar surface area (TPSA) is 97.9 Å². The maximum Gasteiger partial charge on any atom is 0.257 e. The first kappa shape index (κ1) is 27.3. The van der Waals surface area contributed by atoms with E-state index in [2.05, 4.69) is 20.5 Å². The Hall–Kier alpha value is -4.24. The first-order valence-electron chi connectivity index (χ1n) is 14.0. The van der Waals surface area contributed by atoms with Crippen molar-refractivity contribution in [2.24, 2.45) is 0 Å². The second kappa shape index (κ2) is 13.2. The number of carbonyl (C=O) groups excluding carboxylic acids is 3. The number of nitrogens with zero attached hydrogens (tertiary/aromatic N) is 4. The van der Waals surface area contributed by atoms with Gasteiger partial charge in [0, 0.05) is 63.8 Å². The highest BCUT2D eigenvalue weighted by Gasteiger charge is 2.24. The highest BCUT2D eigenvalue weighted by atomic mass is 16.2. The van der Waals surface area contributed by atoms with Crippen LogP contribution < -0.4 is 15.5 Å².